The highest BCUT2D eigenvalue weighted by Gasteiger charge is 2.38. The molecule has 5 aromatic rings. The molecule has 0 spiro atoms. The topological polar surface area (TPSA) is 90.9 Å². The molecule has 0 saturated heterocycles. The minimum atomic E-state index is -4.81. The van der Waals surface area contributed by atoms with Gasteiger partial charge in [0, 0.05) is 18.0 Å². The summed E-state index contributed by atoms with van der Waals surface area (Å²) in [6.07, 6.45) is -2.28. The van der Waals surface area contributed by atoms with E-state index in [-0.39, 0.29) is 21.4 Å². The summed E-state index contributed by atoms with van der Waals surface area (Å²) in [4.78, 5) is 4.59. The zero-order valence-corrected chi connectivity index (χ0v) is 21.6. The van der Waals surface area contributed by atoms with Gasteiger partial charge in [0.1, 0.15) is 11.5 Å². The number of benzene rings is 3. The lowest BCUT2D eigenvalue weighted by molar-refractivity contribution is -0.156. The number of hydrogen-bond donors (Lipinski definition) is 0. The van der Waals surface area contributed by atoms with Crippen molar-refractivity contribution in [3.63, 3.8) is 0 Å². The van der Waals surface area contributed by atoms with Gasteiger partial charge in [-0.2, -0.15) is 13.2 Å². The molecule has 5 rings (SSSR count). The lowest BCUT2D eigenvalue weighted by Gasteiger charge is -2.12. The molecule has 0 radical (unpaired) electrons. The monoisotopic (exact) mass is 578 g/mol. The fourth-order valence-corrected chi connectivity index (χ4v) is 4.89. The Morgan fingerprint density at radius 2 is 1.63 bits per heavy atom. The van der Waals surface area contributed by atoms with E-state index in [1.54, 1.807) is 65.2 Å². The molecule has 2 aromatic heterocycles. The average Bonchev–Trinajstić information content (AvgIpc) is 3.52. The summed E-state index contributed by atoms with van der Waals surface area (Å²) in [7, 11) is -3.41. The van der Waals surface area contributed by atoms with Crippen molar-refractivity contribution in [3.05, 3.63) is 88.9 Å². The highest BCUT2D eigenvalue weighted by Crippen LogP contribution is 2.36. The Morgan fingerprint density at radius 3 is 2.29 bits per heavy atom. The minimum Gasteiger partial charge on any atom is -0.411 e. The average molecular weight is 579 g/mol. The highest BCUT2D eigenvalue weighted by atomic mass is 35.5. The van der Waals surface area contributed by atoms with Crippen LogP contribution in [0.15, 0.2) is 82.2 Å². The van der Waals surface area contributed by atoms with Crippen molar-refractivity contribution in [3.8, 4) is 39.8 Å². The van der Waals surface area contributed by atoms with Gasteiger partial charge in [-0.1, -0.05) is 53.5 Å². The number of halogens is 5. The van der Waals surface area contributed by atoms with Gasteiger partial charge in [0.2, 0.25) is 0 Å². The fourth-order valence-electron chi connectivity index (χ4n) is 3.73. The van der Waals surface area contributed by atoms with Gasteiger partial charge in [-0.3, -0.25) is 4.57 Å². The second kappa shape index (κ2) is 9.57. The second-order valence-electron chi connectivity index (χ2n) is 8.18. The summed E-state index contributed by atoms with van der Waals surface area (Å²) in [5.41, 5.74) is 2.17. The summed E-state index contributed by atoms with van der Waals surface area (Å²) < 4.78 is 69.3. The Morgan fingerprint density at radius 1 is 0.895 bits per heavy atom. The molecule has 0 bridgehead atoms. The van der Waals surface area contributed by atoms with E-state index in [1.807, 2.05) is 0 Å². The molecule has 0 aliphatic rings. The summed E-state index contributed by atoms with van der Waals surface area (Å²) in [5.74, 6) is -1.67. The zero-order chi connectivity index (χ0) is 27.2. The van der Waals surface area contributed by atoms with Crippen molar-refractivity contribution in [2.75, 3.05) is 6.26 Å². The summed E-state index contributed by atoms with van der Waals surface area (Å²) in [6, 6.07) is 18.2. The molecular formula is C25H15Cl2F3N4O3S. The molecule has 0 saturated carbocycles. The zero-order valence-electron chi connectivity index (χ0n) is 19.2. The predicted molar refractivity (Wildman–Crippen MR) is 136 cm³/mol. The molecule has 0 fully saturated rings. The number of nitrogens with zero attached hydrogens (tertiary/aromatic N) is 4. The van der Waals surface area contributed by atoms with Crippen LogP contribution in [0.25, 0.3) is 39.8 Å². The maximum atomic E-state index is 13.0. The molecule has 3 aromatic carbocycles. The minimum absolute atomic E-state index is 0.0242. The molecule has 0 aliphatic heterocycles. The molecule has 38 heavy (non-hydrogen) atoms. The first-order chi connectivity index (χ1) is 17.9. The van der Waals surface area contributed by atoms with Gasteiger partial charge in [0.05, 0.1) is 20.6 Å². The first-order valence-electron chi connectivity index (χ1n) is 10.8. The van der Waals surface area contributed by atoms with Crippen molar-refractivity contribution in [2.24, 2.45) is 0 Å². The van der Waals surface area contributed by atoms with Crippen LogP contribution in [0.4, 0.5) is 13.2 Å². The van der Waals surface area contributed by atoms with Crippen LogP contribution < -0.4 is 0 Å². The molecule has 2 heterocycles. The number of imidazole rings is 1. The first kappa shape index (κ1) is 26.0. The van der Waals surface area contributed by atoms with Crippen molar-refractivity contribution >= 4 is 33.0 Å². The van der Waals surface area contributed by atoms with Crippen molar-refractivity contribution in [1.82, 2.24) is 19.7 Å². The van der Waals surface area contributed by atoms with Gasteiger partial charge < -0.3 is 4.42 Å². The van der Waals surface area contributed by atoms with Crippen LogP contribution in [0.2, 0.25) is 10.0 Å². The summed E-state index contributed by atoms with van der Waals surface area (Å²) in [6.45, 7) is 0. The standard InChI is InChI=1S/C25H15Cl2F3N4O3S/c1-38(35,36)16-6-4-5-14(11-16)15-9-10-21(19(27)12-15)34-13-20(23-32-33-24(37-23)25(28,29)30)31-22(34)17-7-2-3-8-18(17)26/h2-13H,1H3. The maximum absolute atomic E-state index is 13.0. The number of sulfone groups is 1. The summed E-state index contributed by atoms with van der Waals surface area (Å²) >= 11 is 13.1. The summed E-state index contributed by atoms with van der Waals surface area (Å²) in [5, 5.41) is 7.16. The van der Waals surface area contributed by atoms with Gasteiger partial charge in [0.25, 0.3) is 5.89 Å². The largest absolute Gasteiger partial charge is 0.470 e. The predicted octanol–water partition coefficient (Wildman–Crippen LogP) is 6.99. The Labute approximate surface area is 224 Å². The Balaban J connectivity index is 1.64. The van der Waals surface area contributed by atoms with Crippen molar-refractivity contribution in [1.29, 1.82) is 0 Å². The van der Waals surface area contributed by atoms with E-state index in [2.05, 4.69) is 15.2 Å². The normalized spacial score (nSPS) is 12.2. The maximum Gasteiger partial charge on any atom is 0.470 e. The van der Waals surface area contributed by atoms with Crippen LogP contribution in [-0.2, 0) is 16.0 Å². The molecule has 0 unspecified atom stereocenters. The molecule has 13 heteroatoms. The van der Waals surface area contributed by atoms with Crippen LogP contribution in [0, 0.1) is 0 Å². The van der Waals surface area contributed by atoms with Crippen LogP contribution in [-0.4, -0.2) is 34.4 Å². The fraction of sp³-hybridized carbons (Fsp3) is 0.0800. The third-order valence-corrected chi connectivity index (χ3v) is 7.25. The van der Waals surface area contributed by atoms with Crippen LogP contribution in [0.3, 0.4) is 0 Å². The molecule has 0 aliphatic carbocycles. The molecule has 0 N–H and O–H groups in total. The lowest BCUT2D eigenvalue weighted by Crippen LogP contribution is -2.04. The van der Waals surface area contributed by atoms with E-state index in [4.69, 9.17) is 27.6 Å². The van der Waals surface area contributed by atoms with Crippen LogP contribution in [0.1, 0.15) is 5.89 Å². The lowest BCUT2D eigenvalue weighted by atomic mass is 10.1. The quantitative estimate of drug-likeness (QED) is 0.223. The Bertz CT molecular complexity index is 1780. The first-order valence-corrected chi connectivity index (χ1v) is 13.4. The number of hydrogen-bond acceptors (Lipinski definition) is 6. The van der Waals surface area contributed by atoms with E-state index in [0.29, 0.717) is 27.4 Å². The van der Waals surface area contributed by atoms with Gasteiger partial charge in [-0.25, -0.2) is 13.4 Å². The van der Waals surface area contributed by atoms with Gasteiger partial charge in [-0.05, 0) is 47.5 Å². The Kier molecular flexibility index (Phi) is 6.54. The Hall–Kier alpha value is -3.67. The molecule has 0 atom stereocenters. The van der Waals surface area contributed by atoms with Gasteiger partial charge in [-0.15, -0.1) is 10.2 Å². The van der Waals surface area contributed by atoms with Crippen LogP contribution >= 0.6 is 23.2 Å². The number of aromatic nitrogens is 4. The van der Waals surface area contributed by atoms with E-state index < -0.39 is 27.8 Å². The van der Waals surface area contributed by atoms with E-state index in [1.165, 1.54) is 12.3 Å². The molecule has 7 nitrogen and oxygen atoms in total. The molecule has 0 amide bonds. The van der Waals surface area contributed by atoms with E-state index >= 15 is 0 Å². The number of rotatable bonds is 5. The van der Waals surface area contributed by atoms with Crippen LogP contribution in [0.5, 0.6) is 0 Å². The van der Waals surface area contributed by atoms with Gasteiger partial charge in [0.15, 0.2) is 9.84 Å². The van der Waals surface area contributed by atoms with E-state index in [9.17, 15) is 21.6 Å². The molecular weight excluding hydrogens is 564 g/mol. The molecule has 194 valence electrons. The van der Waals surface area contributed by atoms with Crippen molar-refractivity contribution in [2.45, 2.75) is 11.1 Å². The van der Waals surface area contributed by atoms with E-state index in [0.717, 1.165) is 6.26 Å². The van der Waals surface area contributed by atoms with Crippen molar-refractivity contribution < 1.29 is 26.0 Å². The smallest absolute Gasteiger partial charge is 0.411 e. The second-order valence-corrected chi connectivity index (χ2v) is 11.0. The van der Waals surface area contributed by atoms with Gasteiger partial charge >= 0.3 is 12.1 Å². The highest BCUT2D eigenvalue weighted by molar-refractivity contribution is 7.90. The third kappa shape index (κ3) is 5.04. The third-order valence-electron chi connectivity index (χ3n) is 5.51. The SMILES string of the molecule is CS(=O)(=O)c1cccc(-c2ccc(-n3cc(-c4nnc(C(F)(F)F)o4)nc3-c3ccccc3Cl)c(Cl)c2)c1. The number of alkyl halides is 3.